The Morgan fingerprint density at radius 3 is 2.71 bits per heavy atom. The summed E-state index contributed by atoms with van der Waals surface area (Å²) >= 11 is 0. The lowest BCUT2D eigenvalue weighted by Gasteiger charge is -2.09. The first kappa shape index (κ1) is 16.2. The van der Waals surface area contributed by atoms with Gasteiger partial charge < -0.3 is 9.82 Å². The third-order valence-electron chi connectivity index (χ3n) is 3.96. The molecule has 0 aliphatic rings. The van der Waals surface area contributed by atoms with Crippen LogP contribution in [0, 0.1) is 17.1 Å². The van der Waals surface area contributed by atoms with Crippen LogP contribution in [0.1, 0.15) is 5.56 Å². The quantitative estimate of drug-likeness (QED) is 0.740. The van der Waals surface area contributed by atoms with Crippen LogP contribution in [0.4, 0.5) is 4.39 Å². The molecule has 1 heterocycles. The summed E-state index contributed by atoms with van der Waals surface area (Å²) in [4.78, 5) is 11.5. The number of hydrogen-bond acceptors (Lipinski definition) is 4. The predicted molar refractivity (Wildman–Crippen MR) is 89.9 cm³/mol. The van der Waals surface area contributed by atoms with Crippen LogP contribution >= 0.6 is 0 Å². The lowest BCUT2D eigenvalue weighted by Crippen LogP contribution is -2.14. The summed E-state index contributed by atoms with van der Waals surface area (Å²) in [5.41, 5.74) is 2.71. The summed E-state index contributed by atoms with van der Waals surface area (Å²) in [6.07, 6.45) is 0.298. The molecule has 0 bridgehead atoms. The van der Waals surface area contributed by atoms with Gasteiger partial charge in [-0.2, -0.15) is 5.26 Å². The van der Waals surface area contributed by atoms with E-state index in [0.29, 0.717) is 28.6 Å². The van der Waals surface area contributed by atoms with Crippen LogP contribution in [-0.2, 0) is 13.5 Å². The predicted octanol–water partition coefficient (Wildman–Crippen LogP) is 2.37. The highest BCUT2D eigenvalue weighted by atomic mass is 28.2. The first-order valence-corrected chi connectivity index (χ1v) is 8.43. The van der Waals surface area contributed by atoms with Crippen molar-refractivity contribution in [2.75, 3.05) is 0 Å². The Hall–Kier alpha value is -2.69. The number of benzene rings is 2. The molecular weight excluding hydrogens is 325 g/mol. The van der Waals surface area contributed by atoms with Gasteiger partial charge in [0.25, 0.3) is 0 Å². The van der Waals surface area contributed by atoms with Crippen LogP contribution in [0.3, 0.4) is 0 Å². The number of aryl methyl sites for hydroxylation is 1. The van der Waals surface area contributed by atoms with Gasteiger partial charge in [0.15, 0.2) is 15.3 Å². The molecule has 2 N–H and O–H groups in total. The van der Waals surface area contributed by atoms with Crippen LogP contribution in [-0.4, -0.2) is 14.2 Å². The SMILES string of the molecule is Cn1c(=O)oc2ccc(-c3ccc(C[C@@H](C#N)[Si]N)c(F)c3)cc21. The molecule has 0 aliphatic heterocycles. The van der Waals surface area contributed by atoms with E-state index in [0.717, 1.165) is 5.56 Å². The molecule has 5 nitrogen and oxygen atoms in total. The molecule has 3 rings (SSSR count). The average molecular weight is 339 g/mol. The fourth-order valence-electron chi connectivity index (χ4n) is 2.56. The molecule has 24 heavy (non-hydrogen) atoms. The van der Waals surface area contributed by atoms with E-state index in [1.807, 2.05) is 0 Å². The van der Waals surface area contributed by atoms with E-state index in [1.54, 1.807) is 37.4 Å². The Kier molecular flexibility index (Phi) is 4.33. The second-order valence-corrected chi connectivity index (χ2v) is 6.50. The van der Waals surface area contributed by atoms with E-state index in [4.69, 9.17) is 15.1 Å². The van der Waals surface area contributed by atoms with Crippen molar-refractivity contribution in [3.8, 4) is 17.2 Å². The molecule has 0 saturated heterocycles. The standard InChI is InChI=1S/C17H14FN3O2Si/c1-21-15-8-11(4-5-16(15)23-17(21)22)10-2-3-12(14(18)7-10)6-13(9-19)24-20/h2-5,7-8,13H,6,20H2,1H3/t13-/m0/s1. The zero-order chi connectivity index (χ0) is 17.3. The van der Waals surface area contributed by atoms with E-state index in [1.165, 1.54) is 10.6 Å². The van der Waals surface area contributed by atoms with Gasteiger partial charge in [-0.15, -0.1) is 0 Å². The first-order chi connectivity index (χ1) is 11.5. The summed E-state index contributed by atoms with van der Waals surface area (Å²) in [6, 6.07) is 12.2. The smallest absolute Gasteiger partial charge is 0.408 e. The van der Waals surface area contributed by atoms with Gasteiger partial charge in [0, 0.05) is 7.05 Å². The zero-order valence-corrected chi connectivity index (χ0v) is 13.9. The summed E-state index contributed by atoms with van der Waals surface area (Å²) in [5.74, 6) is -0.805. The molecule has 0 saturated carbocycles. The fraction of sp³-hybridized carbons (Fsp3) is 0.176. The number of nitrogens with two attached hydrogens (primary N) is 1. The number of aromatic nitrogens is 1. The molecule has 0 aliphatic carbocycles. The normalized spacial score (nSPS) is 12.2. The van der Waals surface area contributed by atoms with Crippen LogP contribution in [0.15, 0.2) is 45.6 Å². The molecule has 0 amide bonds. The van der Waals surface area contributed by atoms with Gasteiger partial charge in [0.1, 0.15) is 5.82 Å². The lowest BCUT2D eigenvalue weighted by atomic mass is 10.0. The molecule has 120 valence electrons. The molecule has 0 fully saturated rings. The van der Waals surface area contributed by atoms with Gasteiger partial charge in [0.05, 0.1) is 17.1 Å². The number of halogens is 1. The molecule has 2 aromatic carbocycles. The Morgan fingerprint density at radius 1 is 1.33 bits per heavy atom. The largest absolute Gasteiger partial charge is 0.419 e. The third kappa shape index (κ3) is 2.89. The number of oxazole rings is 1. The number of nitrogens with zero attached hydrogens (tertiary/aromatic N) is 2. The Bertz CT molecular complexity index is 1000. The summed E-state index contributed by atoms with van der Waals surface area (Å²) in [5, 5.41) is 14.5. The van der Waals surface area contributed by atoms with Gasteiger partial charge >= 0.3 is 5.76 Å². The average Bonchev–Trinajstić information content (AvgIpc) is 2.88. The number of fused-ring (bicyclic) bond motifs is 1. The number of nitriles is 1. The summed E-state index contributed by atoms with van der Waals surface area (Å²) in [6.45, 7) is 0. The van der Waals surface area contributed by atoms with E-state index < -0.39 is 5.76 Å². The van der Waals surface area contributed by atoms with Crippen molar-refractivity contribution in [3.63, 3.8) is 0 Å². The van der Waals surface area contributed by atoms with Crippen molar-refractivity contribution in [2.45, 2.75) is 12.0 Å². The van der Waals surface area contributed by atoms with E-state index in [2.05, 4.69) is 6.07 Å². The molecule has 1 aromatic heterocycles. The maximum Gasteiger partial charge on any atom is 0.419 e. The van der Waals surface area contributed by atoms with Gasteiger partial charge in [0.2, 0.25) is 0 Å². The lowest BCUT2D eigenvalue weighted by molar-refractivity contribution is 0.528. The Labute approximate surface area is 140 Å². The molecule has 0 unspecified atom stereocenters. The topological polar surface area (TPSA) is 85.0 Å². The van der Waals surface area contributed by atoms with Crippen molar-refractivity contribution >= 4 is 20.8 Å². The minimum atomic E-state index is -0.436. The number of rotatable bonds is 4. The molecule has 2 radical (unpaired) electrons. The van der Waals surface area contributed by atoms with Crippen molar-refractivity contribution in [1.82, 2.24) is 4.57 Å². The maximum absolute atomic E-state index is 14.3. The maximum atomic E-state index is 14.3. The Balaban J connectivity index is 1.98. The minimum absolute atomic E-state index is 0.0399. The molecule has 1 atom stereocenters. The minimum Gasteiger partial charge on any atom is -0.408 e. The molecule has 7 heteroatoms. The zero-order valence-electron chi connectivity index (χ0n) is 12.9. The van der Waals surface area contributed by atoms with E-state index >= 15 is 0 Å². The second kappa shape index (κ2) is 6.43. The van der Waals surface area contributed by atoms with Gasteiger partial charge in [-0.1, -0.05) is 18.2 Å². The first-order valence-electron chi connectivity index (χ1n) is 7.27. The van der Waals surface area contributed by atoms with E-state index in [-0.39, 0.29) is 21.0 Å². The molecular formula is C17H14FN3O2Si. The summed E-state index contributed by atoms with van der Waals surface area (Å²) in [7, 11) is 1.58. The van der Waals surface area contributed by atoms with Gasteiger partial charge in [-0.25, -0.2) is 9.18 Å². The highest BCUT2D eigenvalue weighted by molar-refractivity contribution is 6.34. The van der Waals surface area contributed by atoms with Gasteiger partial charge in [-0.05, 0) is 41.3 Å². The highest BCUT2D eigenvalue weighted by Gasteiger charge is 2.13. The van der Waals surface area contributed by atoms with Crippen LogP contribution in [0.25, 0.3) is 22.2 Å². The van der Waals surface area contributed by atoms with Crippen LogP contribution in [0.5, 0.6) is 0 Å². The second-order valence-electron chi connectivity index (χ2n) is 5.47. The Morgan fingerprint density at radius 2 is 2.04 bits per heavy atom. The summed E-state index contributed by atoms with van der Waals surface area (Å²) < 4.78 is 20.8. The van der Waals surface area contributed by atoms with Gasteiger partial charge in [-0.3, -0.25) is 4.57 Å². The van der Waals surface area contributed by atoms with Crippen molar-refractivity contribution in [1.29, 1.82) is 5.26 Å². The molecule has 3 aromatic rings. The van der Waals surface area contributed by atoms with Crippen LogP contribution in [0.2, 0.25) is 5.54 Å². The van der Waals surface area contributed by atoms with E-state index in [9.17, 15) is 9.18 Å². The monoisotopic (exact) mass is 339 g/mol. The number of hydrogen-bond donors (Lipinski definition) is 1. The van der Waals surface area contributed by atoms with Crippen molar-refractivity contribution in [2.24, 2.45) is 12.4 Å². The van der Waals surface area contributed by atoms with Crippen molar-refractivity contribution < 1.29 is 8.81 Å². The van der Waals surface area contributed by atoms with Crippen LogP contribution < -0.4 is 11.2 Å². The van der Waals surface area contributed by atoms with Crippen molar-refractivity contribution in [3.05, 3.63) is 58.3 Å². The molecule has 0 spiro atoms. The highest BCUT2D eigenvalue weighted by Crippen LogP contribution is 2.26. The fourth-order valence-corrected chi connectivity index (χ4v) is 2.97. The third-order valence-corrected chi connectivity index (χ3v) is 4.69.